The van der Waals surface area contributed by atoms with Gasteiger partial charge in [0, 0.05) is 25.3 Å². The monoisotopic (exact) mass is 586 g/mol. The Hall–Kier alpha value is -4.46. The van der Waals surface area contributed by atoms with E-state index in [9.17, 15) is 13.9 Å². The quantitative estimate of drug-likeness (QED) is 0.224. The molecule has 2 saturated heterocycles. The van der Waals surface area contributed by atoms with E-state index in [1.54, 1.807) is 6.07 Å². The van der Waals surface area contributed by atoms with Crippen molar-refractivity contribution in [1.82, 2.24) is 14.5 Å². The molecule has 0 spiro atoms. The van der Waals surface area contributed by atoms with E-state index in [0.29, 0.717) is 24.2 Å². The number of nitrogens with zero attached hydrogens (tertiary/aromatic N) is 4. The number of likely N-dealkylation sites (tertiary alicyclic amines) is 1. The number of piperidine rings is 1. The molecule has 222 valence electrons. The summed E-state index contributed by atoms with van der Waals surface area (Å²) in [7, 11) is 0. The third-order valence-electron chi connectivity index (χ3n) is 7.96. The fourth-order valence-corrected chi connectivity index (χ4v) is 5.49. The first-order valence-corrected chi connectivity index (χ1v) is 14.3. The van der Waals surface area contributed by atoms with E-state index in [2.05, 4.69) is 16.5 Å². The van der Waals surface area contributed by atoms with Crippen molar-refractivity contribution in [2.24, 2.45) is 0 Å². The van der Waals surface area contributed by atoms with Crippen molar-refractivity contribution in [3.8, 4) is 17.6 Å². The third-order valence-corrected chi connectivity index (χ3v) is 7.96. The van der Waals surface area contributed by atoms with Gasteiger partial charge in [-0.3, -0.25) is 4.90 Å². The second kappa shape index (κ2) is 12.4. The van der Waals surface area contributed by atoms with E-state index >= 15 is 0 Å². The molecule has 0 radical (unpaired) electrons. The summed E-state index contributed by atoms with van der Waals surface area (Å²) in [5.41, 5.74) is 2.32. The van der Waals surface area contributed by atoms with Crippen LogP contribution in [0.5, 0.6) is 11.5 Å². The molecule has 0 unspecified atom stereocenters. The molecule has 1 atom stereocenters. The Kier molecular flexibility index (Phi) is 8.27. The molecule has 3 heterocycles. The van der Waals surface area contributed by atoms with Gasteiger partial charge in [0.2, 0.25) is 0 Å². The topological polar surface area (TPSA) is 92.8 Å². The van der Waals surface area contributed by atoms with Crippen molar-refractivity contribution in [2.45, 2.75) is 51.2 Å². The van der Waals surface area contributed by atoms with Crippen LogP contribution in [-0.2, 0) is 24.4 Å². The number of halogens is 2. The van der Waals surface area contributed by atoms with E-state index in [-0.39, 0.29) is 41.4 Å². The number of benzene rings is 3. The summed E-state index contributed by atoms with van der Waals surface area (Å²) >= 11 is 0. The zero-order valence-corrected chi connectivity index (χ0v) is 23.6. The fraction of sp³-hybridized carbons (Fsp3) is 0.333. The number of aromatic nitrogens is 2. The minimum Gasteiger partial charge on any atom is -0.508 e. The van der Waals surface area contributed by atoms with E-state index in [1.165, 1.54) is 18.2 Å². The Morgan fingerprint density at radius 2 is 1.91 bits per heavy atom. The maximum absolute atomic E-state index is 15.0. The number of hydrogen-bond acceptors (Lipinski definition) is 7. The van der Waals surface area contributed by atoms with Crippen molar-refractivity contribution in [1.29, 1.82) is 5.26 Å². The maximum atomic E-state index is 15.0. The number of aliphatic hydroxyl groups is 1. The molecule has 2 aliphatic heterocycles. The molecular weight excluding hydrogens is 554 g/mol. The lowest BCUT2D eigenvalue weighted by Crippen LogP contribution is -2.39. The molecule has 0 saturated carbocycles. The summed E-state index contributed by atoms with van der Waals surface area (Å²) in [5.74, 6) is 0.327. The second-order valence-corrected chi connectivity index (χ2v) is 11.0. The highest BCUT2D eigenvalue weighted by Crippen LogP contribution is 2.28. The lowest BCUT2D eigenvalue weighted by atomic mass is 10.1. The van der Waals surface area contributed by atoms with E-state index in [1.807, 2.05) is 34.9 Å². The van der Waals surface area contributed by atoms with Gasteiger partial charge in [-0.15, -0.1) is 0 Å². The van der Waals surface area contributed by atoms with Gasteiger partial charge in [-0.2, -0.15) is 5.26 Å². The van der Waals surface area contributed by atoms with Crippen LogP contribution in [0.15, 0.2) is 61.2 Å². The molecule has 0 aliphatic carbocycles. The first-order chi connectivity index (χ1) is 20.9. The summed E-state index contributed by atoms with van der Waals surface area (Å²) in [5, 5.41) is 18.8. The van der Waals surface area contributed by atoms with Gasteiger partial charge in [0.25, 0.3) is 0 Å². The summed E-state index contributed by atoms with van der Waals surface area (Å²) in [6.45, 7) is 7.14. The van der Waals surface area contributed by atoms with Crippen LogP contribution in [0.3, 0.4) is 0 Å². The molecule has 6 rings (SSSR count). The Labute approximate surface area is 248 Å². The Morgan fingerprint density at radius 3 is 2.60 bits per heavy atom. The van der Waals surface area contributed by atoms with Crippen molar-refractivity contribution in [2.75, 3.05) is 19.7 Å². The first-order valence-electron chi connectivity index (χ1n) is 14.3. The van der Waals surface area contributed by atoms with Gasteiger partial charge in [-0.25, -0.2) is 13.8 Å². The molecule has 1 N–H and O–H groups in total. The molecule has 0 bridgehead atoms. The highest BCUT2D eigenvalue weighted by Gasteiger charge is 2.26. The molecule has 4 aromatic rings. The largest absolute Gasteiger partial charge is 0.508 e. The minimum atomic E-state index is -0.573. The molecule has 43 heavy (non-hydrogen) atoms. The summed E-state index contributed by atoms with van der Waals surface area (Å²) < 4.78 is 48.7. The van der Waals surface area contributed by atoms with Gasteiger partial charge in [0.1, 0.15) is 35.6 Å². The number of fused-ring (bicyclic) bond motifs is 1. The maximum Gasteiger partial charge on any atom is 0.166 e. The van der Waals surface area contributed by atoms with Gasteiger partial charge in [-0.1, -0.05) is 18.7 Å². The van der Waals surface area contributed by atoms with Crippen molar-refractivity contribution < 1.29 is 28.1 Å². The molecule has 0 amide bonds. The third kappa shape index (κ3) is 6.48. The van der Waals surface area contributed by atoms with Gasteiger partial charge in [0.05, 0.1) is 36.3 Å². The standard InChI is InChI=1S/C33H32F2N4O4/c1-21(40)24-15-29(35)33-30(16-24)39(18-27-9-12-41-27)32(37-33)19-38-10-7-25(8-11-38)43-26-4-2-3-23(13-26)20-42-31-6-5-22(17-36)14-28(31)34/h2-6,13-16,25,27,40H,1,7-12,18-20H2/t27-/m0/s1. The van der Waals surface area contributed by atoms with Crippen LogP contribution < -0.4 is 9.47 Å². The predicted octanol–water partition coefficient (Wildman–Crippen LogP) is 6.13. The van der Waals surface area contributed by atoms with Crippen molar-refractivity contribution in [3.63, 3.8) is 0 Å². The summed E-state index contributed by atoms with van der Waals surface area (Å²) in [6.07, 6.45) is 2.65. The van der Waals surface area contributed by atoms with Crippen LogP contribution in [0.2, 0.25) is 0 Å². The van der Waals surface area contributed by atoms with Gasteiger partial charge in [0.15, 0.2) is 17.4 Å². The van der Waals surface area contributed by atoms with Crippen LogP contribution in [0, 0.1) is 23.0 Å². The van der Waals surface area contributed by atoms with E-state index in [0.717, 1.165) is 62.2 Å². The Bertz CT molecular complexity index is 1690. The number of rotatable bonds is 10. The average molecular weight is 587 g/mol. The zero-order chi connectivity index (χ0) is 29.9. The zero-order valence-electron chi connectivity index (χ0n) is 23.6. The first kappa shape index (κ1) is 28.6. The molecule has 2 fully saturated rings. The summed E-state index contributed by atoms with van der Waals surface area (Å²) in [4.78, 5) is 6.96. The number of imidazole rings is 1. The number of hydrogen-bond donors (Lipinski definition) is 1. The molecule has 3 aromatic carbocycles. The highest BCUT2D eigenvalue weighted by atomic mass is 19.1. The second-order valence-electron chi connectivity index (χ2n) is 11.0. The smallest absolute Gasteiger partial charge is 0.166 e. The summed E-state index contributed by atoms with van der Waals surface area (Å²) in [6, 6.07) is 16.6. The number of nitriles is 1. The van der Waals surface area contributed by atoms with Gasteiger partial charge < -0.3 is 23.9 Å². The molecule has 8 nitrogen and oxygen atoms in total. The fourth-order valence-electron chi connectivity index (χ4n) is 5.49. The number of aliphatic hydroxyl groups excluding tert-OH is 1. The average Bonchev–Trinajstić information content (AvgIpc) is 3.32. The Balaban J connectivity index is 1.07. The predicted molar refractivity (Wildman–Crippen MR) is 157 cm³/mol. The van der Waals surface area contributed by atoms with Gasteiger partial charge >= 0.3 is 0 Å². The molecule has 1 aromatic heterocycles. The molecule has 10 heteroatoms. The number of ether oxygens (including phenoxy) is 3. The lowest BCUT2D eigenvalue weighted by Gasteiger charge is -2.32. The van der Waals surface area contributed by atoms with Crippen LogP contribution in [0.1, 0.15) is 41.8 Å². The highest BCUT2D eigenvalue weighted by molar-refractivity contribution is 5.81. The lowest BCUT2D eigenvalue weighted by molar-refractivity contribution is -0.0592. The van der Waals surface area contributed by atoms with Crippen molar-refractivity contribution in [3.05, 3.63) is 95.3 Å². The van der Waals surface area contributed by atoms with E-state index in [4.69, 9.17) is 19.5 Å². The van der Waals surface area contributed by atoms with Crippen LogP contribution in [0.4, 0.5) is 8.78 Å². The normalized spacial score (nSPS) is 17.4. The molecular formula is C33H32F2N4O4. The molecule has 2 aliphatic rings. The Morgan fingerprint density at radius 1 is 1.09 bits per heavy atom. The van der Waals surface area contributed by atoms with E-state index < -0.39 is 11.6 Å². The van der Waals surface area contributed by atoms with Crippen LogP contribution >= 0.6 is 0 Å². The van der Waals surface area contributed by atoms with Crippen LogP contribution in [0.25, 0.3) is 16.8 Å². The SMILES string of the molecule is C=C(O)c1cc(F)c2nc(CN3CCC(Oc4cccc(COc5ccc(C#N)cc5F)c4)CC3)n(C[C@@H]3CCO3)c2c1. The van der Waals surface area contributed by atoms with Crippen LogP contribution in [-0.4, -0.2) is 51.5 Å². The minimum absolute atomic E-state index is 0.0288. The van der Waals surface area contributed by atoms with Gasteiger partial charge in [-0.05, 0) is 67.3 Å². The van der Waals surface area contributed by atoms with Crippen molar-refractivity contribution >= 4 is 16.8 Å².